The van der Waals surface area contributed by atoms with Gasteiger partial charge in [0.05, 0.1) is 23.7 Å². The summed E-state index contributed by atoms with van der Waals surface area (Å²) in [5, 5.41) is 26.7. The molecule has 3 N–H and O–H groups in total. The number of rotatable bonds is 9. The molecule has 28 heavy (non-hydrogen) atoms. The van der Waals surface area contributed by atoms with Crippen molar-refractivity contribution in [2.45, 2.75) is 19.6 Å². The lowest BCUT2D eigenvalue weighted by Gasteiger charge is -2.16. The predicted octanol–water partition coefficient (Wildman–Crippen LogP) is 2.89. The summed E-state index contributed by atoms with van der Waals surface area (Å²) in [7, 11) is 1.32. The molecule has 0 aromatic heterocycles. The number of hydrogen-bond donors (Lipinski definition) is 3. The molecule has 1 amide bonds. The number of nitro benzene ring substituents is 1. The molecular weight excluding hydrogens is 366 g/mol. The first-order chi connectivity index (χ1) is 13.4. The Balaban J connectivity index is 1.85. The van der Waals surface area contributed by atoms with E-state index in [2.05, 4.69) is 10.6 Å². The lowest BCUT2D eigenvalue weighted by atomic mass is 10.1. The van der Waals surface area contributed by atoms with E-state index in [-0.39, 0.29) is 22.7 Å². The Morgan fingerprint density at radius 1 is 1.25 bits per heavy atom. The van der Waals surface area contributed by atoms with E-state index in [4.69, 9.17) is 9.47 Å². The van der Waals surface area contributed by atoms with Gasteiger partial charge >= 0.3 is 6.09 Å². The molecule has 150 valence electrons. The lowest BCUT2D eigenvalue weighted by Crippen LogP contribution is -2.32. The molecule has 0 aliphatic heterocycles. The Morgan fingerprint density at radius 2 is 1.96 bits per heavy atom. The van der Waals surface area contributed by atoms with Crippen molar-refractivity contribution < 1.29 is 24.3 Å². The molecule has 0 spiro atoms. The maximum absolute atomic E-state index is 12.0. The van der Waals surface area contributed by atoms with E-state index < -0.39 is 17.1 Å². The number of ether oxygens (including phenoxy) is 2. The first-order valence-corrected chi connectivity index (χ1v) is 8.66. The molecule has 0 heterocycles. The van der Waals surface area contributed by atoms with Crippen molar-refractivity contribution in [1.82, 2.24) is 10.6 Å². The number of carbonyl (C=O) groups is 1. The average Bonchev–Trinajstić information content (AvgIpc) is 2.68. The van der Waals surface area contributed by atoms with Gasteiger partial charge in [0, 0.05) is 19.6 Å². The summed E-state index contributed by atoms with van der Waals surface area (Å²) in [6, 6.07) is 12.1. The van der Waals surface area contributed by atoms with Crippen LogP contribution in [0.3, 0.4) is 0 Å². The van der Waals surface area contributed by atoms with E-state index in [9.17, 15) is 20.0 Å². The number of phenolic OH excluding ortho intramolecular Hbond substituents is 1. The summed E-state index contributed by atoms with van der Waals surface area (Å²) >= 11 is 0. The van der Waals surface area contributed by atoms with E-state index in [0.29, 0.717) is 19.6 Å². The Kier molecular flexibility index (Phi) is 7.58. The van der Waals surface area contributed by atoms with E-state index in [1.54, 1.807) is 0 Å². The summed E-state index contributed by atoms with van der Waals surface area (Å²) < 4.78 is 10.2. The Hall–Kier alpha value is -3.33. The normalized spacial score (nSPS) is 11.5. The van der Waals surface area contributed by atoms with Crippen LogP contribution in [-0.2, 0) is 11.3 Å². The molecule has 0 radical (unpaired) electrons. The quantitative estimate of drug-likeness (QED) is 0.342. The molecule has 0 aliphatic rings. The Bertz CT molecular complexity index is 813. The van der Waals surface area contributed by atoms with E-state index in [1.165, 1.54) is 20.1 Å². The van der Waals surface area contributed by atoms with Crippen LogP contribution >= 0.6 is 0 Å². The van der Waals surface area contributed by atoms with E-state index >= 15 is 0 Å². The van der Waals surface area contributed by atoms with Gasteiger partial charge < -0.3 is 25.2 Å². The number of nitrogens with one attached hydrogen (secondary N) is 2. The summed E-state index contributed by atoms with van der Waals surface area (Å²) in [4.78, 5) is 22.5. The second-order valence-corrected chi connectivity index (χ2v) is 5.98. The van der Waals surface area contributed by atoms with Gasteiger partial charge in [0.2, 0.25) is 0 Å². The molecule has 2 rings (SSSR count). The van der Waals surface area contributed by atoms with Gasteiger partial charge in [-0.25, -0.2) is 4.79 Å². The summed E-state index contributed by atoms with van der Waals surface area (Å²) in [6.07, 6.45) is -1.61. The molecule has 2 aromatic carbocycles. The van der Waals surface area contributed by atoms with Gasteiger partial charge in [-0.05, 0) is 18.6 Å². The third-order valence-corrected chi connectivity index (χ3v) is 3.99. The minimum Gasteiger partial charge on any atom is -0.504 e. The molecule has 0 saturated heterocycles. The van der Waals surface area contributed by atoms with Crippen molar-refractivity contribution in [3.63, 3.8) is 0 Å². The Labute approximate surface area is 162 Å². The molecule has 9 heteroatoms. The standard InChI is InChI=1S/C19H23N3O6/c1-13(15-10-18(27-2)17(23)11-16(15)22(25)26)28-19(24)21-9-8-20-12-14-6-4-3-5-7-14/h3-7,10-11,13,20,23H,8-9,12H2,1-2H3,(H,21,24). The molecule has 0 fully saturated rings. The highest BCUT2D eigenvalue weighted by Gasteiger charge is 2.25. The van der Waals surface area contributed by atoms with Crippen LogP contribution in [0, 0.1) is 10.1 Å². The Morgan fingerprint density at radius 3 is 2.61 bits per heavy atom. The van der Waals surface area contributed by atoms with Crippen LogP contribution in [0.5, 0.6) is 11.5 Å². The molecular formula is C19H23N3O6. The molecule has 9 nitrogen and oxygen atoms in total. The molecule has 0 aliphatic carbocycles. The first-order valence-electron chi connectivity index (χ1n) is 8.66. The highest BCUT2D eigenvalue weighted by Crippen LogP contribution is 2.37. The highest BCUT2D eigenvalue weighted by atomic mass is 16.6. The number of hydrogen-bond acceptors (Lipinski definition) is 7. The number of methoxy groups -OCH3 is 1. The van der Waals surface area contributed by atoms with Gasteiger partial charge in [-0.15, -0.1) is 0 Å². The second kappa shape index (κ2) is 10.1. The van der Waals surface area contributed by atoms with Crippen molar-refractivity contribution in [2.24, 2.45) is 0 Å². The number of aromatic hydroxyl groups is 1. The SMILES string of the molecule is COc1cc(C(C)OC(=O)NCCNCc2ccccc2)c([N+](=O)[O-])cc1O. The zero-order valence-electron chi connectivity index (χ0n) is 15.7. The molecule has 2 aromatic rings. The van der Waals surface area contributed by atoms with Crippen LogP contribution in [0.15, 0.2) is 42.5 Å². The first kappa shape index (κ1) is 21.0. The number of alkyl carbamates (subject to hydrolysis) is 1. The van der Waals surface area contributed by atoms with Gasteiger partial charge in [-0.1, -0.05) is 30.3 Å². The van der Waals surface area contributed by atoms with Gasteiger partial charge in [0.1, 0.15) is 6.10 Å². The largest absolute Gasteiger partial charge is 0.504 e. The molecule has 1 atom stereocenters. The third-order valence-electron chi connectivity index (χ3n) is 3.99. The number of nitro groups is 1. The van der Waals surface area contributed by atoms with Gasteiger partial charge in [-0.2, -0.15) is 0 Å². The fourth-order valence-corrected chi connectivity index (χ4v) is 2.57. The van der Waals surface area contributed by atoms with Crippen LogP contribution < -0.4 is 15.4 Å². The van der Waals surface area contributed by atoms with Gasteiger partial charge in [-0.3, -0.25) is 10.1 Å². The predicted molar refractivity (Wildman–Crippen MR) is 102 cm³/mol. The van der Waals surface area contributed by atoms with Gasteiger partial charge in [0.15, 0.2) is 11.5 Å². The maximum Gasteiger partial charge on any atom is 0.407 e. The number of phenols is 1. The van der Waals surface area contributed by atoms with Crippen molar-refractivity contribution in [3.8, 4) is 11.5 Å². The van der Waals surface area contributed by atoms with Crippen molar-refractivity contribution in [2.75, 3.05) is 20.2 Å². The lowest BCUT2D eigenvalue weighted by molar-refractivity contribution is -0.386. The van der Waals surface area contributed by atoms with Crippen LogP contribution in [-0.4, -0.2) is 36.3 Å². The number of nitrogens with zero attached hydrogens (tertiary/aromatic N) is 1. The number of benzene rings is 2. The average molecular weight is 389 g/mol. The molecule has 0 bridgehead atoms. The topological polar surface area (TPSA) is 123 Å². The van der Waals surface area contributed by atoms with E-state index in [1.807, 2.05) is 30.3 Å². The van der Waals surface area contributed by atoms with Crippen LogP contribution in [0.4, 0.5) is 10.5 Å². The zero-order chi connectivity index (χ0) is 20.5. The van der Waals surface area contributed by atoms with Gasteiger partial charge in [0.25, 0.3) is 5.69 Å². The highest BCUT2D eigenvalue weighted by molar-refractivity contribution is 5.68. The fraction of sp³-hybridized carbons (Fsp3) is 0.316. The summed E-state index contributed by atoms with van der Waals surface area (Å²) in [5.74, 6) is -0.305. The fourth-order valence-electron chi connectivity index (χ4n) is 2.57. The van der Waals surface area contributed by atoms with E-state index in [0.717, 1.165) is 11.6 Å². The molecule has 0 saturated carbocycles. The monoisotopic (exact) mass is 389 g/mol. The minimum absolute atomic E-state index is 0.0570. The minimum atomic E-state index is -0.910. The smallest absolute Gasteiger partial charge is 0.407 e. The van der Waals surface area contributed by atoms with Crippen molar-refractivity contribution >= 4 is 11.8 Å². The summed E-state index contributed by atoms with van der Waals surface area (Å²) in [6.45, 7) is 3.05. The number of carbonyl (C=O) groups excluding carboxylic acids is 1. The van der Waals surface area contributed by atoms with Crippen LogP contribution in [0.25, 0.3) is 0 Å². The molecule has 1 unspecified atom stereocenters. The number of amides is 1. The van der Waals surface area contributed by atoms with Crippen molar-refractivity contribution in [1.29, 1.82) is 0 Å². The zero-order valence-corrected chi connectivity index (χ0v) is 15.7. The summed E-state index contributed by atoms with van der Waals surface area (Å²) in [5.41, 5.74) is 0.896. The third kappa shape index (κ3) is 5.85. The maximum atomic E-state index is 12.0. The van der Waals surface area contributed by atoms with Crippen molar-refractivity contribution in [3.05, 3.63) is 63.7 Å². The van der Waals surface area contributed by atoms with Crippen LogP contribution in [0.2, 0.25) is 0 Å². The second-order valence-electron chi connectivity index (χ2n) is 5.98. The van der Waals surface area contributed by atoms with Crippen LogP contribution in [0.1, 0.15) is 24.2 Å².